The first-order chi connectivity index (χ1) is 17.2. The first-order valence-electron chi connectivity index (χ1n) is 11.1. The van der Waals surface area contributed by atoms with Crippen LogP contribution in [0.25, 0.3) is 5.76 Å². The lowest BCUT2D eigenvalue weighted by molar-refractivity contribution is -0.132. The van der Waals surface area contributed by atoms with Gasteiger partial charge in [-0.1, -0.05) is 35.1 Å². The summed E-state index contributed by atoms with van der Waals surface area (Å²) in [5, 5.41) is 11.9. The Balaban J connectivity index is 1.69. The largest absolute Gasteiger partial charge is 0.507 e. The number of ketones is 1. The third-order valence-electron chi connectivity index (χ3n) is 6.14. The lowest BCUT2D eigenvalue weighted by Crippen LogP contribution is -2.29. The number of amides is 1. The van der Waals surface area contributed by atoms with Crippen molar-refractivity contribution in [3.8, 4) is 5.75 Å². The van der Waals surface area contributed by atoms with Crippen LogP contribution in [0.3, 0.4) is 0 Å². The van der Waals surface area contributed by atoms with Gasteiger partial charge in [0.05, 0.1) is 24.4 Å². The molecule has 3 aromatic rings. The smallest absolute Gasteiger partial charge is 0.350 e. The molecule has 1 N–H and O–H groups in total. The Hall–Kier alpha value is -3.69. The van der Waals surface area contributed by atoms with Crippen LogP contribution in [-0.2, 0) is 20.7 Å². The molecule has 0 saturated carbocycles. The molecule has 5 rings (SSSR count). The Morgan fingerprint density at radius 1 is 1.25 bits per heavy atom. The van der Waals surface area contributed by atoms with Crippen LogP contribution in [0.1, 0.15) is 45.0 Å². The number of rotatable bonds is 4. The number of hydrogen-bond donors (Lipinski definition) is 1. The topological polar surface area (TPSA) is 106 Å². The first-order valence-corrected chi connectivity index (χ1v) is 12.3. The number of aromatic nitrogens is 1. The molecular weight excluding hydrogens is 504 g/mol. The van der Waals surface area contributed by atoms with Crippen molar-refractivity contribution in [2.75, 3.05) is 12.0 Å². The van der Waals surface area contributed by atoms with E-state index in [4.69, 9.17) is 21.1 Å². The van der Waals surface area contributed by atoms with Crippen LogP contribution in [0.4, 0.5) is 5.13 Å². The predicted octanol–water partition coefficient (Wildman–Crippen LogP) is 4.84. The zero-order valence-corrected chi connectivity index (χ0v) is 21.1. The van der Waals surface area contributed by atoms with Crippen LogP contribution in [0.2, 0.25) is 5.02 Å². The number of benzene rings is 2. The van der Waals surface area contributed by atoms with Gasteiger partial charge < -0.3 is 14.6 Å². The van der Waals surface area contributed by atoms with Gasteiger partial charge in [0.1, 0.15) is 22.5 Å². The maximum Gasteiger partial charge on any atom is 0.350 e. The Labute approximate surface area is 215 Å². The number of aliphatic hydroxyl groups is 1. The molecule has 0 bridgehead atoms. The Kier molecular flexibility index (Phi) is 6.05. The molecule has 8 nitrogen and oxygen atoms in total. The maximum atomic E-state index is 13.4. The summed E-state index contributed by atoms with van der Waals surface area (Å²) < 4.78 is 10.6. The number of ether oxygens (including phenoxy) is 2. The second-order valence-corrected chi connectivity index (χ2v) is 10.00. The highest BCUT2D eigenvalue weighted by Crippen LogP contribution is 2.44. The van der Waals surface area contributed by atoms with E-state index in [1.807, 2.05) is 6.92 Å². The molecule has 0 unspecified atom stereocenters. The lowest BCUT2D eigenvalue weighted by atomic mass is 9.94. The Morgan fingerprint density at radius 2 is 2.03 bits per heavy atom. The molecule has 184 valence electrons. The van der Waals surface area contributed by atoms with E-state index in [0.717, 1.165) is 22.6 Å². The first kappa shape index (κ1) is 24.0. The minimum Gasteiger partial charge on any atom is -0.507 e. The van der Waals surface area contributed by atoms with Crippen LogP contribution >= 0.6 is 22.9 Å². The van der Waals surface area contributed by atoms with E-state index in [1.165, 1.54) is 12.0 Å². The second-order valence-electron chi connectivity index (χ2n) is 8.58. The highest BCUT2D eigenvalue weighted by molar-refractivity contribution is 7.17. The number of Topliss-reactive ketones (excluding diaryl/α,β-unsaturated/α-hetero) is 1. The van der Waals surface area contributed by atoms with Crippen LogP contribution in [0, 0.1) is 6.92 Å². The number of hydrogen-bond acceptors (Lipinski definition) is 8. The number of fused-ring (bicyclic) bond motifs is 1. The van der Waals surface area contributed by atoms with Gasteiger partial charge in [0.2, 0.25) is 0 Å². The van der Waals surface area contributed by atoms with Gasteiger partial charge in [-0.25, -0.2) is 9.78 Å². The van der Waals surface area contributed by atoms with E-state index in [1.54, 1.807) is 49.4 Å². The SMILES string of the molecule is COC(=O)c1sc(N2C(=O)C(=O)/C(=C(/O)c3ccc4c(c3)C[C@H](C)O4)[C@@H]2c2cccc(Cl)c2)nc1C. The average Bonchev–Trinajstić information content (AvgIpc) is 3.50. The number of methoxy groups -OCH3 is 1. The fourth-order valence-corrected chi connectivity index (χ4v) is 5.72. The molecular formula is C26H21ClN2O6S. The van der Waals surface area contributed by atoms with E-state index in [2.05, 4.69) is 4.98 Å². The summed E-state index contributed by atoms with van der Waals surface area (Å²) >= 11 is 7.18. The molecule has 0 aliphatic carbocycles. The average molecular weight is 525 g/mol. The zero-order valence-electron chi connectivity index (χ0n) is 19.6. The van der Waals surface area contributed by atoms with Gasteiger partial charge in [0.15, 0.2) is 5.13 Å². The summed E-state index contributed by atoms with van der Waals surface area (Å²) in [5.74, 6) is -1.93. The number of thiazole rings is 1. The van der Waals surface area contributed by atoms with Gasteiger partial charge in [-0.05, 0) is 55.3 Å². The quantitative estimate of drug-likeness (QED) is 0.225. The van der Waals surface area contributed by atoms with E-state index in [9.17, 15) is 19.5 Å². The minimum absolute atomic E-state index is 0.00610. The van der Waals surface area contributed by atoms with Crippen LogP contribution in [0.5, 0.6) is 5.75 Å². The zero-order chi connectivity index (χ0) is 25.7. The standard InChI is InChI=1S/C26H21ClN2O6S/c1-12-9-16-10-15(7-8-18(16)35-12)21(30)19-20(14-5-4-6-17(27)11-14)29(24(32)22(19)31)26-28-13(2)23(36-26)25(33)34-3/h4-8,10-12,20,30H,9H2,1-3H3/b21-19+/t12-,20-/m0/s1. The van der Waals surface area contributed by atoms with E-state index >= 15 is 0 Å². The molecule has 10 heteroatoms. The molecule has 2 aliphatic rings. The number of esters is 1. The third kappa shape index (κ3) is 3.94. The Morgan fingerprint density at radius 3 is 2.75 bits per heavy atom. The van der Waals surface area contributed by atoms with Crippen LogP contribution in [-0.4, -0.2) is 41.0 Å². The van der Waals surface area contributed by atoms with Crippen molar-refractivity contribution in [3.63, 3.8) is 0 Å². The molecule has 36 heavy (non-hydrogen) atoms. The fourth-order valence-electron chi connectivity index (χ4n) is 4.51. The number of nitrogens with zero attached hydrogens (tertiary/aromatic N) is 2. The predicted molar refractivity (Wildman–Crippen MR) is 135 cm³/mol. The van der Waals surface area contributed by atoms with Crippen molar-refractivity contribution in [1.29, 1.82) is 0 Å². The highest BCUT2D eigenvalue weighted by Gasteiger charge is 2.48. The molecule has 2 aromatic carbocycles. The van der Waals surface area contributed by atoms with E-state index < -0.39 is 23.7 Å². The van der Waals surface area contributed by atoms with Crippen molar-refractivity contribution in [2.24, 2.45) is 0 Å². The van der Waals surface area contributed by atoms with E-state index in [0.29, 0.717) is 28.3 Å². The molecule has 2 atom stereocenters. The second kappa shape index (κ2) is 9.07. The van der Waals surface area contributed by atoms with Crippen LogP contribution in [0.15, 0.2) is 48.0 Å². The Bertz CT molecular complexity index is 1460. The highest BCUT2D eigenvalue weighted by atomic mass is 35.5. The van der Waals surface area contributed by atoms with Gasteiger partial charge >= 0.3 is 11.9 Å². The maximum absolute atomic E-state index is 13.4. The van der Waals surface area contributed by atoms with Gasteiger partial charge in [-0.15, -0.1) is 0 Å². The molecule has 0 radical (unpaired) electrons. The van der Waals surface area contributed by atoms with Crippen molar-refractivity contribution in [3.05, 3.63) is 80.3 Å². The van der Waals surface area contributed by atoms with Gasteiger partial charge in [-0.2, -0.15) is 0 Å². The molecule has 1 fully saturated rings. The summed E-state index contributed by atoms with van der Waals surface area (Å²) in [6.45, 7) is 3.56. The number of anilines is 1. The lowest BCUT2D eigenvalue weighted by Gasteiger charge is -2.23. The molecule has 2 aliphatic heterocycles. The number of halogens is 1. The number of aryl methyl sites for hydroxylation is 1. The molecule has 1 amide bonds. The van der Waals surface area contributed by atoms with Crippen LogP contribution < -0.4 is 9.64 Å². The fraction of sp³-hybridized carbons (Fsp3) is 0.231. The summed E-state index contributed by atoms with van der Waals surface area (Å²) in [6.07, 6.45) is 0.670. The summed E-state index contributed by atoms with van der Waals surface area (Å²) in [7, 11) is 1.25. The monoisotopic (exact) mass is 524 g/mol. The van der Waals surface area contributed by atoms with Gasteiger partial charge in [0.25, 0.3) is 5.78 Å². The van der Waals surface area contributed by atoms with Gasteiger partial charge in [0, 0.05) is 17.0 Å². The summed E-state index contributed by atoms with van der Waals surface area (Å²) in [5.41, 5.74) is 2.07. The summed E-state index contributed by atoms with van der Waals surface area (Å²) in [4.78, 5) is 44.7. The molecule has 1 saturated heterocycles. The van der Waals surface area contributed by atoms with Gasteiger partial charge in [-0.3, -0.25) is 14.5 Å². The molecule has 3 heterocycles. The number of carbonyl (C=O) groups excluding carboxylic acids is 3. The number of carbonyl (C=O) groups is 3. The minimum atomic E-state index is -1.01. The molecule has 0 spiro atoms. The van der Waals surface area contributed by atoms with Crippen molar-refractivity contribution < 1.29 is 29.0 Å². The molecule has 1 aromatic heterocycles. The van der Waals surface area contributed by atoms with E-state index in [-0.39, 0.29) is 27.4 Å². The van der Waals surface area contributed by atoms with Crippen molar-refractivity contribution >= 4 is 51.5 Å². The normalized spacial score (nSPS) is 20.4. The van der Waals surface area contributed by atoms with Crippen molar-refractivity contribution in [1.82, 2.24) is 4.98 Å². The van der Waals surface area contributed by atoms with Crippen molar-refractivity contribution in [2.45, 2.75) is 32.4 Å². The summed E-state index contributed by atoms with van der Waals surface area (Å²) in [6, 6.07) is 10.8. The number of aliphatic hydroxyl groups excluding tert-OH is 1. The third-order valence-corrected chi connectivity index (χ3v) is 7.51.